The highest BCUT2D eigenvalue weighted by Gasteiger charge is 2.38. The fourth-order valence-electron chi connectivity index (χ4n) is 4.13. The van der Waals surface area contributed by atoms with Crippen molar-refractivity contribution >= 4 is 35.5 Å². The molecule has 9 nitrogen and oxygen atoms in total. The molecule has 3 rings (SSSR count). The van der Waals surface area contributed by atoms with E-state index in [9.17, 15) is 23.6 Å². The van der Waals surface area contributed by atoms with Gasteiger partial charge in [0.2, 0.25) is 11.8 Å². The standard InChI is InChI=1S/C29H30FN3O6S/c30-22-13-11-21(12-14-22)29(19-7-3-1-4-8-19,20-9-5-2-6-10-20)40-18-24(27(37)32-17-26(35)36)33-25(34)16-15-23(31)28(38)39/h1-14,23-24H,15-18,31H2,(H,32,37)(H,33,34)(H,35,36)(H,38,39)/t23-,24+/m1/s1. The molecule has 3 aromatic rings. The highest BCUT2D eigenvalue weighted by atomic mass is 32.2. The molecular weight excluding hydrogens is 537 g/mol. The van der Waals surface area contributed by atoms with Gasteiger partial charge in [0.15, 0.2) is 0 Å². The molecule has 210 valence electrons. The highest BCUT2D eigenvalue weighted by molar-refractivity contribution is 8.00. The molecule has 2 amide bonds. The quantitative estimate of drug-likeness (QED) is 0.186. The number of carboxylic acid groups (broad SMARTS) is 2. The van der Waals surface area contributed by atoms with Crippen LogP contribution < -0.4 is 16.4 Å². The van der Waals surface area contributed by atoms with E-state index in [0.29, 0.717) is 0 Å². The number of nitrogens with one attached hydrogen (secondary N) is 2. The Hall–Kier alpha value is -4.22. The molecule has 40 heavy (non-hydrogen) atoms. The largest absolute Gasteiger partial charge is 0.480 e. The summed E-state index contributed by atoms with van der Waals surface area (Å²) in [4.78, 5) is 47.8. The third-order valence-electron chi connectivity index (χ3n) is 6.14. The molecule has 0 aliphatic rings. The molecule has 0 unspecified atom stereocenters. The summed E-state index contributed by atoms with van der Waals surface area (Å²) in [6.07, 6.45) is -0.396. The first-order valence-electron chi connectivity index (χ1n) is 12.4. The fourth-order valence-corrected chi connectivity index (χ4v) is 5.69. The third kappa shape index (κ3) is 7.90. The van der Waals surface area contributed by atoms with Gasteiger partial charge in [0.1, 0.15) is 24.4 Å². The van der Waals surface area contributed by atoms with Gasteiger partial charge in [0.05, 0.1) is 4.75 Å². The van der Waals surface area contributed by atoms with E-state index in [4.69, 9.17) is 15.9 Å². The SMILES string of the molecule is N[C@H](CCC(=O)N[C@@H](CSC(c1ccccc1)(c1ccccc1)c1ccc(F)cc1)C(=O)NCC(=O)O)C(=O)O. The smallest absolute Gasteiger partial charge is 0.322 e. The second-order valence-electron chi connectivity index (χ2n) is 8.95. The van der Waals surface area contributed by atoms with E-state index < -0.39 is 52.9 Å². The van der Waals surface area contributed by atoms with Crippen LogP contribution in [-0.4, -0.2) is 58.3 Å². The number of amides is 2. The molecule has 0 radical (unpaired) electrons. The number of aliphatic carboxylic acids is 2. The normalized spacial score (nSPS) is 12.7. The lowest BCUT2D eigenvalue weighted by Crippen LogP contribution is -2.50. The maximum absolute atomic E-state index is 14.0. The summed E-state index contributed by atoms with van der Waals surface area (Å²) in [7, 11) is 0. The maximum Gasteiger partial charge on any atom is 0.322 e. The number of halogens is 1. The Morgan fingerprint density at radius 3 is 1.88 bits per heavy atom. The molecule has 0 aromatic heterocycles. The van der Waals surface area contributed by atoms with Crippen molar-refractivity contribution in [1.29, 1.82) is 0 Å². The van der Waals surface area contributed by atoms with Crippen LogP contribution in [0.5, 0.6) is 0 Å². The lowest BCUT2D eigenvalue weighted by molar-refractivity contribution is -0.139. The van der Waals surface area contributed by atoms with Crippen LogP contribution in [0, 0.1) is 5.82 Å². The van der Waals surface area contributed by atoms with E-state index in [-0.39, 0.29) is 18.6 Å². The third-order valence-corrected chi connectivity index (χ3v) is 7.78. The Morgan fingerprint density at radius 1 is 0.850 bits per heavy atom. The first-order chi connectivity index (χ1) is 19.1. The summed E-state index contributed by atoms with van der Waals surface area (Å²) in [5.74, 6) is -4.27. The highest BCUT2D eigenvalue weighted by Crippen LogP contribution is 2.48. The van der Waals surface area contributed by atoms with Crippen LogP contribution >= 0.6 is 11.8 Å². The van der Waals surface area contributed by atoms with Crippen LogP contribution in [0.4, 0.5) is 4.39 Å². The molecule has 11 heteroatoms. The van der Waals surface area contributed by atoms with Crippen molar-refractivity contribution < 1.29 is 33.8 Å². The number of nitrogens with two attached hydrogens (primary N) is 1. The molecule has 2 atom stereocenters. The molecule has 0 spiro atoms. The Bertz CT molecular complexity index is 1270. The van der Waals surface area contributed by atoms with E-state index in [1.807, 2.05) is 60.7 Å². The fraction of sp³-hybridized carbons (Fsp3) is 0.241. The zero-order chi connectivity index (χ0) is 29.1. The van der Waals surface area contributed by atoms with E-state index in [0.717, 1.165) is 16.7 Å². The van der Waals surface area contributed by atoms with Gasteiger partial charge in [-0.25, -0.2) is 4.39 Å². The van der Waals surface area contributed by atoms with Crippen molar-refractivity contribution in [2.75, 3.05) is 12.3 Å². The van der Waals surface area contributed by atoms with Gasteiger partial charge in [-0.1, -0.05) is 72.8 Å². The van der Waals surface area contributed by atoms with Crippen LogP contribution in [0.2, 0.25) is 0 Å². The van der Waals surface area contributed by atoms with Crippen molar-refractivity contribution in [3.05, 3.63) is 107 Å². The van der Waals surface area contributed by atoms with Crippen molar-refractivity contribution in [3.8, 4) is 0 Å². The summed E-state index contributed by atoms with van der Waals surface area (Å²) < 4.78 is 13.0. The van der Waals surface area contributed by atoms with Gasteiger partial charge in [0.25, 0.3) is 0 Å². The predicted octanol–water partition coefficient (Wildman–Crippen LogP) is 2.73. The van der Waals surface area contributed by atoms with Crippen LogP contribution in [0.15, 0.2) is 84.9 Å². The molecule has 0 saturated heterocycles. The number of carboxylic acids is 2. The van der Waals surface area contributed by atoms with Crippen molar-refractivity contribution in [1.82, 2.24) is 10.6 Å². The molecule has 6 N–H and O–H groups in total. The number of carbonyl (C=O) groups excluding carboxylic acids is 2. The zero-order valence-electron chi connectivity index (χ0n) is 21.5. The monoisotopic (exact) mass is 567 g/mol. The average Bonchev–Trinajstić information content (AvgIpc) is 2.96. The summed E-state index contributed by atoms with van der Waals surface area (Å²) in [6, 6.07) is 22.4. The second-order valence-corrected chi connectivity index (χ2v) is 10.2. The topological polar surface area (TPSA) is 159 Å². The van der Waals surface area contributed by atoms with Crippen molar-refractivity contribution in [2.45, 2.75) is 29.7 Å². The van der Waals surface area contributed by atoms with Gasteiger partial charge in [-0.15, -0.1) is 11.8 Å². The van der Waals surface area contributed by atoms with Crippen LogP contribution in [0.3, 0.4) is 0 Å². The van der Waals surface area contributed by atoms with E-state index >= 15 is 0 Å². The molecule has 0 saturated carbocycles. The average molecular weight is 568 g/mol. The Morgan fingerprint density at radius 2 is 1.38 bits per heavy atom. The lowest BCUT2D eigenvalue weighted by Gasteiger charge is -2.36. The molecule has 0 heterocycles. The van der Waals surface area contributed by atoms with Gasteiger partial charge in [-0.05, 0) is 35.2 Å². The summed E-state index contributed by atoms with van der Waals surface area (Å²) in [5.41, 5.74) is 7.89. The van der Waals surface area contributed by atoms with E-state index in [1.54, 1.807) is 12.1 Å². The van der Waals surface area contributed by atoms with Crippen molar-refractivity contribution in [3.63, 3.8) is 0 Å². The van der Waals surface area contributed by atoms with Crippen LogP contribution in [0.1, 0.15) is 29.5 Å². The van der Waals surface area contributed by atoms with Crippen molar-refractivity contribution in [2.24, 2.45) is 5.73 Å². The Kier molecular flexibility index (Phi) is 10.8. The number of thioether (sulfide) groups is 1. The predicted molar refractivity (Wildman–Crippen MR) is 149 cm³/mol. The van der Waals surface area contributed by atoms with E-state index in [1.165, 1.54) is 23.9 Å². The van der Waals surface area contributed by atoms with Gasteiger partial charge in [0, 0.05) is 12.2 Å². The number of carbonyl (C=O) groups is 4. The molecule has 0 fully saturated rings. The number of benzene rings is 3. The molecule has 0 bridgehead atoms. The first kappa shape index (κ1) is 30.3. The summed E-state index contributed by atoms with van der Waals surface area (Å²) >= 11 is 1.31. The minimum atomic E-state index is -1.26. The maximum atomic E-state index is 14.0. The lowest BCUT2D eigenvalue weighted by atomic mass is 9.84. The van der Waals surface area contributed by atoms with Crippen LogP contribution in [0.25, 0.3) is 0 Å². The van der Waals surface area contributed by atoms with Gasteiger partial charge < -0.3 is 26.6 Å². The molecule has 0 aliphatic heterocycles. The molecule has 0 aliphatic carbocycles. The summed E-state index contributed by atoms with van der Waals surface area (Å²) in [5, 5.41) is 22.9. The number of rotatable bonds is 14. The summed E-state index contributed by atoms with van der Waals surface area (Å²) in [6.45, 7) is -0.653. The first-order valence-corrected chi connectivity index (χ1v) is 13.4. The van der Waals surface area contributed by atoms with Crippen LogP contribution in [-0.2, 0) is 23.9 Å². The van der Waals surface area contributed by atoms with E-state index in [2.05, 4.69) is 10.6 Å². The minimum Gasteiger partial charge on any atom is -0.480 e. The van der Waals surface area contributed by atoms with Gasteiger partial charge >= 0.3 is 11.9 Å². The van der Waals surface area contributed by atoms with Gasteiger partial charge in [-0.2, -0.15) is 0 Å². The molecular formula is C29H30FN3O6S. The zero-order valence-corrected chi connectivity index (χ0v) is 22.3. The minimum absolute atomic E-state index is 0.0106. The molecule has 3 aromatic carbocycles. The Labute approximate surface area is 235 Å². The number of hydrogen-bond acceptors (Lipinski definition) is 6. The second kappa shape index (κ2) is 14.2. The van der Waals surface area contributed by atoms with Gasteiger partial charge in [-0.3, -0.25) is 19.2 Å². The number of hydrogen-bond donors (Lipinski definition) is 5. The Balaban J connectivity index is 2.00.